The van der Waals surface area contributed by atoms with Gasteiger partial charge in [0, 0.05) is 12.1 Å². The predicted octanol–water partition coefficient (Wildman–Crippen LogP) is 3.89. The van der Waals surface area contributed by atoms with Crippen molar-refractivity contribution in [2.24, 2.45) is 0 Å². The van der Waals surface area contributed by atoms with Crippen LogP contribution >= 0.6 is 0 Å². The summed E-state index contributed by atoms with van der Waals surface area (Å²) < 4.78 is 0. The summed E-state index contributed by atoms with van der Waals surface area (Å²) >= 11 is 0. The monoisotopic (exact) mass is 351 g/mol. The molecule has 0 saturated heterocycles. The highest BCUT2D eigenvalue weighted by molar-refractivity contribution is 6.16. The van der Waals surface area contributed by atoms with Crippen molar-refractivity contribution < 1.29 is 19.8 Å². The van der Waals surface area contributed by atoms with E-state index in [2.05, 4.69) is 0 Å². The molecule has 1 unspecified atom stereocenters. The van der Waals surface area contributed by atoms with E-state index in [4.69, 9.17) is 0 Å². The van der Waals surface area contributed by atoms with Crippen molar-refractivity contribution in [3.8, 4) is 5.75 Å². The maximum Gasteiger partial charge on any atom is 0.294 e. The molecule has 134 valence electrons. The number of phenolic OH excluding ortho intramolecular Hbond substituents is 1. The molecule has 1 heterocycles. The summed E-state index contributed by atoms with van der Waals surface area (Å²) in [6, 6.07) is 11.3. The Balaban J connectivity index is 2.22. The topological polar surface area (TPSA) is 77.8 Å². The molecule has 2 aromatic carbocycles. The molecule has 5 nitrogen and oxygen atoms in total. The van der Waals surface area contributed by atoms with Crippen LogP contribution in [-0.2, 0) is 9.59 Å². The molecule has 2 aromatic rings. The molecule has 1 aliphatic heterocycles. The van der Waals surface area contributed by atoms with Crippen molar-refractivity contribution in [1.82, 2.24) is 0 Å². The molecule has 1 amide bonds. The lowest BCUT2D eigenvalue weighted by Crippen LogP contribution is -2.31. The summed E-state index contributed by atoms with van der Waals surface area (Å²) in [5.74, 6) is -1.28. The van der Waals surface area contributed by atoms with E-state index < -0.39 is 17.7 Å². The zero-order chi connectivity index (χ0) is 19.0. The maximum absolute atomic E-state index is 12.9. The number of ketones is 1. The van der Waals surface area contributed by atoms with E-state index in [1.165, 1.54) is 17.0 Å². The zero-order valence-electron chi connectivity index (χ0n) is 15.0. The van der Waals surface area contributed by atoms with E-state index in [1.54, 1.807) is 19.1 Å². The van der Waals surface area contributed by atoms with E-state index in [0.29, 0.717) is 11.3 Å². The normalized spacial score (nSPS) is 17.1. The van der Waals surface area contributed by atoms with Crippen LogP contribution < -0.4 is 4.90 Å². The molecular formula is C21H21NO4. The summed E-state index contributed by atoms with van der Waals surface area (Å²) in [6.07, 6.45) is 0.182. The summed E-state index contributed by atoms with van der Waals surface area (Å²) in [4.78, 5) is 26.8. The maximum atomic E-state index is 12.9. The fourth-order valence-electron chi connectivity index (χ4n) is 3.28. The minimum atomic E-state index is -0.726. The average molecular weight is 351 g/mol. The third-order valence-corrected chi connectivity index (χ3v) is 4.66. The Morgan fingerprint density at radius 3 is 2.35 bits per heavy atom. The van der Waals surface area contributed by atoms with Gasteiger partial charge >= 0.3 is 0 Å². The summed E-state index contributed by atoms with van der Waals surface area (Å²) in [5.41, 5.74) is 3.24. The molecule has 1 aliphatic rings. The summed E-state index contributed by atoms with van der Waals surface area (Å²) in [7, 11) is 0. The fraction of sp³-hybridized carbons (Fsp3) is 0.238. The Kier molecular flexibility index (Phi) is 4.55. The highest BCUT2D eigenvalue weighted by atomic mass is 16.3. The number of nitrogens with zero attached hydrogens (tertiary/aromatic N) is 1. The van der Waals surface area contributed by atoms with Gasteiger partial charge in [0.05, 0.1) is 11.6 Å². The second kappa shape index (κ2) is 6.67. The van der Waals surface area contributed by atoms with Crippen molar-refractivity contribution >= 4 is 17.4 Å². The van der Waals surface area contributed by atoms with Gasteiger partial charge in [-0.2, -0.15) is 0 Å². The molecular weight excluding hydrogens is 330 g/mol. The van der Waals surface area contributed by atoms with Gasteiger partial charge in [0.15, 0.2) is 11.5 Å². The Bertz CT molecular complexity index is 912. The third kappa shape index (κ3) is 2.86. The van der Waals surface area contributed by atoms with Crippen LogP contribution in [0.25, 0.3) is 0 Å². The highest BCUT2D eigenvalue weighted by Crippen LogP contribution is 2.42. The van der Waals surface area contributed by atoms with E-state index >= 15 is 0 Å². The van der Waals surface area contributed by atoms with Crippen LogP contribution in [0.5, 0.6) is 5.75 Å². The molecule has 0 aliphatic carbocycles. The summed E-state index contributed by atoms with van der Waals surface area (Å²) in [6.45, 7) is 5.50. The second-order valence-electron chi connectivity index (χ2n) is 6.50. The van der Waals surface area contributed by atoms with Gasteiger partial charge < -0.3 is 10.2 Å². The Morgan fingerprint density at radius 2 is 1.73 bits per heavy atom. The first-order chi connectivity index (χ1) is 12.3. The largest absolute Gasteiger partial charge is 0.508 e. The van der Waals surface area contributed by atoms with Gasteiger partial charge in [0.1, 0.15) is 5.75 Å². The van der Waals surface area contributed by atoms with Crippen LogP contribution in [0.2, 0.25) is 0 Å². The van der Waals surface area contributed by atoms with Crippen LogP contribution in [0.3, 0.4) is 0 Å². The van der Waals surface area contributed by atoms with Crippen molar-refractivity contribution in [3.63, 3.8) is 0 Å². The average Bonchev–Trinajstić information content (AvgIpc) is 2.88. The number of phenols is 1. The van der Waals surface area contributed by atoms with Gasteiger partial charge in [0.2, 0.25) is 0 Å². The number of aliphatic hydroxyl groups is 1. The lowest BCUT2D eigenvalue weighted by Gasteiger charge is -2.28. The first-order valence-electron chi connectivity index (χ1n) is 8.51. The minimum Gasteiger partial charge on any atom is -0.508 e. The number of hydrogen-bond donors (Lipinski definition) is 2. The molecule has 2 N–H and O–H groups in total. The van der Waals surface area contributed by atoms with E-state index in [1.807, 2.05) is 32.0 Å². The molecule has 26 heavy (non-hydrogen) atoms. The molecule has 0 spiro atoms. The number of amides is 1. The number of aromatic hydroxyl groups is 1. The molecule has 0 saturated carbocycles. The first kappa shape index (κ1) is 17.7. The molecule has 0 fully saturated rings. The van der Waals surface area contributed by atoms with Gasteiger partial charge in [0.25, 0.3) is 5.91 Å². The molecule has 0 aromatic heterocycles. The lowest BCUT2D eigenvalue weighted by atomic mass is 9.94. The van der Waals surface area contributed by atoms with Crippen LogP contribution in [0.1, 0.15) is 36.1 Å². The Morgan fingerprint density at radius 1 is 1.08 bits per heavy atom. The number of anilines is 1. The Labute approximate surface area is 152 Å². The SMILES string of the molecule is CCC(=O)C1=C(O)C(=O)N(c2cc(C)ccc2C)C1c1ccc(O)cc1. The van der Waals surface area contributed by atoms with E-state index in [0.717, 1.165) is 11.1 Å². The number of carbonyl (C=O) groups is 2. The van der Waals surface area contributed by atoms with Crippen LogP contribution in [0, 0.1) is 13.8 Å². The number of benzene rings is 2. The number of hydrogen-bond acceptors (Lipinski definition) is 4. The van der Waals surface area contributed by atoms with Gasteiger partial charge in [-0.15, -0.1) is 0 Å². The lowest BCUT2D eigenvalue weighted by molar-refractivity contribution is -0.118. The van der Waals surface area contributed by atoms with Gasteiger partial charge in [-0.25, -0.2) is 0 Å². The number of aryl methyl sites for hydroxylation is 2. The van der Waals surface area contributed by atoms with Gasteiger partial charge in [-0.1, -0.05) is 31.2 Å². The third-order valence-electron chi connectivity index (χ3n) is 4.66. The van der Waals surface area contributed by atoms with E-state index in [-0.39, 0.29) is 23.5 Å². The van der Waals surface area contributed by atoms with Gasteiger partial charge in [-0.3, -0.25) is 14.5 Å². The van der Waals surface area contributed by atoms with Crippen molar-refractivity contribution in [2.45, 2.75) is 33.2 Å². The standard InChI is InChI=1S/C21H21NO4/c1-4-17(24)18-19(14-7-9-15(23)10-8-14)22(21(26)20(18)25)16-11-12(2)5-6-13(16)3/h5-11,19,23,25H,4H2,1-3H3. The minimum absolute atomic E-state index is 0.0907. The van der Waals surface area contributed by atoms with Crippen molar-refractivity contribution in [1.29, 1.82) is 0 Å². The first-order valence-corrected chi connectivity index (χ1v) is 8.51. The van der Waals surface area contributed by atoms with E-state index in [9.17, 15) is 19.8 Å². The second-order valence-corrected chi connectivity index (χ2v) is 6.50. The highest BCUT2D eigenvalue weighted by Gasteiger charge is 2.44. The van der Waals surface area contributed by atoms with Crippen molar-refractivity contribution in [3.05, 3.63) is 70.5 Å². The zero-order valence-corrected chi connectivity index (χ0v) is 15.0. The number of Topliss-reactive ketones (excluding diaryl/α,β-unsaturated/α-hetero) is 1. The molecule has 0 bridgehead atoms. The quantitative estimate of drug-likeness (QED) is 0.876. The molecule has 1 atom stereocenters. The van der Waals surface area contributed by atoms with Crippen LogP contribution in [0.15, 0.2) is 53.8 Å². The molecule has 3 rings (SSSR count). The number of carbonyl (C=O) groups excluding carboxylic acids is 2. The molecule has 0 radical (unpaired) electrons. The van der Waals surface area contributed by atoms with Crippen molar-refractivity contribution in [2.75, 3.05) is 4.90 Å². The predicted molar refractivity (Wildman–Crippen MR) is 99.2 cm³/mol. The number of aliphatic hydroxyl groups excluding tert-OH is 1. The van der Waals surface area contributed by atoms with Crippen LogP contribution in [0.4, 0.5) is 5.69 Å². The molecule has 5 heteroatoms. The Hall–Kier alpha value is -3.08. The van der Waals surface area contributed by atoms with Crippen LogP contribution in [-0.4, -0.2) is 21.9 Å². The fourth-order valence-corrected chi connectivity index (χ4v) is 3.28. The smallest absolute Gasteiger partial charge is 0.294 e. The van der Waals surface area contributed by atoms with Gasteiger partial charge in [-0.05, 0) is 48.7 Å². The summed E-state index contributed by atoms with van der Waals surface area (Å²) in [5, 5.41) is 20.0. The number of rotatable bonds is 4.